The van der Waals surface area contributed by atoms with Gasteiger partial charge in [-0.05, 0) is 12.8 Å². The number of amides is 1. The first-order chi connectivity index (χ1) is 12.7. The van der Waals surface area contributed by atoms with E-state index in [-0.39, 0.29) is 5.91 Å². The Morgan fingerprint density at radius 2 is 2.00 bits per heavy atom. The van der Waals surface area contributed by atoms with Crippen LogP contribution in [-0.4, -0.2) is 21.1 Å². The van der Waals surface area contributed by atoms with Crippen LogP contribution >= 0.6 is 11.3 Å². The first-order valence-corrected chi connectivity index (χ1v) is 9.68. The third kappa shape index (κ3) is 5.23. The minimum atomic E-state index is -0.0574. The molecule has 7 heteroatoms. The van der Waals surface area contributed by atoms with Gasteiger partial charge in [-0.1, -0.05) is 55.0 Å². The van der Waals surface area contributed by atoms with Crippen LogP contribution in [0.5, 0.6) is 0 Å². The summed E-state index contributed by atoms with van der Waals surface area (Å²) in [5, 5.41) is 12.5. The number of aromatic nitrogens is 3. The molecule has 2 aromatic heterocycles. The third-order valence-corrected chi connectivity index (χ3v) is 4.76. The van der Waals surface area contributed by atoms with Gasteiger partial charge in [-0.25, -0.2) is 4.98 Å². The summed E-state index contributed by atoms with van der Waals surface area (Å²) in [7, 11) is 0. The number of unbranched alkanes of at least 4 members (excludes halogenated alkanes) is 1. The molecular weight excluding hydrogens is 348 g/mol. The maximum Gasteiger partial charge on any atom is 0.226 e. The summed E-state index contributed by atoms with van der Waals surface area (Å²) in [4.78, 5) is 16.3. The maximum atomic E-state index is 12.0. The van der Waals surface area contributed by atoms with Crippen LogP contribution in [0.15, 0.2) is 40.9 Å². The van der Waals surface area contributed by atoms with Gasteiger partial charge >= 0.3 is 0 Å². The smallest absolute Gasteiger partial charge is 0.226 e. The molecule has 1 N–H and O–H groups in total. The fourth-order valence-electron chi connectivity index (χ4n) is 2.48. The molecule has 136 valence electrons. The topological polar surface area (TPSA) is 80.9 Å². The molecule has 3 rings (SSSR count). The quantitative estimate of drug-likeness (QED) is 0.600. The zero-order valence-electron chi connectivity index (χ0n) is 14.8. The second-order valence-electron chi connectivity index (χ2n) is 5.99. The van der Waals surface area contributed by atoms with Crippen LogP contribution in [0.3, 0.4) is 0 Å². The normalized spacial score (nSPS) is 10.8. The molecule has 0 aliphatic carbocycles. The van der Waals surface area contributed by atoms with E-state index in [1.165, 1.54) is 11.3 Å². The van der Waals surface area contributed by atoms with Crippen LogP contribution in [0.4, 0.5) is 5.13 Å². The lowest BCUT2D eigenvalue weighted by Gasteiger charge is -2.00. The number of oxazole rings is 1. The SMILES string of the molecule is CCCCc1nnc(NC(=O)CCCc2ncc(-c3ccccc3)o2)s1. The summed E-state index contributed by atoms with van der Waals surface area (Å²) < 4.78 is 5.75. The lowest BCUT2D eigenvalue weighted by molar-refractivity contribution is -0.116. The highest BCUT2D eigenvalue weighted by atomic mass is 32.1. The van der Waals surface area contributed by atoms with Crippen LogP contribution in [0.25, 0.3) is 11.3 Å². The van der Waals surface area contributed by atoms with E-state index in [0.717, 1.165) is 35.6 Å². The second kappa shape index (κ2) is 9.24. The lowest BCUT2D eigenvalue weighted by atomic mass is 10.2. The van der Waals surface area contributed by atoms with Gasteiger partial charge < -0.3 is 9.73 Å². The van der Waals surface area contributed by atoms with Crippen molar-refractivity contribution >= 4 is 22.4 Å². The Labute approximate surface area is 156 Å². The molecule has 0 spiro atoms. The molecule has 0 saturated carbocycles. The molecule has 0 radical (unpaired) electrons. The molecule has 0 aliphatic rings. The average molecular weight is 370 g/mol. The van der Waals surface area contributed by atoms with Crippen molar-refractivity contribution in [3.05, 3.63) is 47.4 Å². The molecule has 1 aromatic carbocycles. The van der Waals surface area contributed by atoms with E-state index in [2.05, 4.69) is 27.4 Å². The predicted molar refractivity (Wildman–Crippen MR) is 102 cm³/mol. The Morgan fingerprint density at radius 1 is 1.15 bits per heavy atom. The molecule has 1 amide bonds. The highest BCUT2D eigenvalue weighted by Gasteiger charge is 2.10. The highest BCUT2D eigenvalue weighted by molar-refractivity contribution is 7.15. The molecule has 0 fully saturated rings. The number of aryl methyl sites for hydroxylation is 2. The van der Waals surface area contributed by atoms with Crippen molar-refractivity contribution in [1.82, 2.24) is 15.2 Å². The molecular formula is C19H22N4O2S. The van der Waals surface area contributed by atoms with Crippen molar-refractivity contribution in [2.45, 2.75) is 45.4 Å². The summed E-state index contributed by atoms with van der Waals surface area (Å²) in [5.41, 5.74) is 0.999. The van der Waals surface area contributed by atoms with E-state index in [1.807, 2.05) is 30.3 Å². The van der Waals surface area contributed by atoms with Gasteiger partial charge in [-0.15, -0.1) is 10.2 Å². The zero-order valence-corrected chi connectivity index (χ0v) is 15.6. The number of carbonyl (C=O) groups excluding carboxylic acids is 1. The first-order valence-electron chi connectivity index (χ1n) is 8.87. The van der Waals surface area contributed by atoms with E-state index >= 15 is 0 Å². The second-order valence-corrected chi connectivity index (χ2v) is 7.05. The van der Waals surface area contributed by atoms with Crippen molar-refractivity contribution in [3.63, 3.8) is 0 Å². The van der Waals surface area contributed by atoms with Crippen LogP contribution in [0, 0.1) is 0 Å². The standard InChI is InChI=1S/C19H22N4O2S/c1-2-3-12-18-22-23-19(26-18)21-16(24)10-7-11-17-20-13-15(25-17)14-8-5-4-6-9-14/h4-6,8-9,13H,2-3,7,10-12H2,1H3,(H,21,23,24). The van der Waals surface area contributed by atoms with E-state index in [1.54, 1.807) is 6.20 Å². The monoisotopic (exact) mass is 370 g/mol. The van der Waals surface area contributed by atoms with Crippen LogP contribution in [0.1, 0.15) is 43.5 Å². The predicted octanol–water partition coefficient (Wildman–Crippen LogP) is 4.50. The number of benzene rings is 1. The molecule has 0 unspecified atom stereocenters. The van der Waals surface area contributed by atoms with E-state index in [0.29, 0.717) is 30.3 Å². The van der Waals surface area contributed by atoms with Crippen molar-refractivity contribution in [2.24, 2.45) is 0 Å². The van der Waals surface area contributed by atoms with Crippen LogP contribution < -0.4 is 5.32 Å². The molecule has 0 bridgehead atoms. The molecule has 0 aliphatic heterocycles. The fourth-order valence-corrected chi connectivity index (χ4v) is 3.27. The highest BCUT2D eigenvalue weighted by Crippen LogP contribution is 2.21. The zero-order chi connectivity index (χ0) is 18.2. The van der Waals surface area contributed by atoms with Gasteiger partial charge in [-0.2, -0.15) is 0 Å². The molecule has 0 saturated heterocycles. The summed E-state index contributed by atoms with van der Waals surface area (Å²) >= 11 is 1.45. The Morgan fingerprint density at radius 3 is 2.81 bits per heavy atom. The number of hydrogen-bond donors (Lipinski definition) is 1. The molecule has 2 heterocycles. The Balaban J connectivity index is 1.42. The number of nitrogens with one attached hydrogen (secondary N) is 1. The number of hydrogen-bond acceptors (Lipinski definition) is 6. The summed E-state index contributed by atoms with van der Waals surface area (Å²) in [6.45, 7) is 2.14. The minimum absolute atomic E-state index is 0.0574. The van der Waals surface area contributed by atoms with Gasteiger partial charge in [0.2, 0.25) is 11.0 Å². The Hall–Kier alpha value is -2.54. The van der Waals surface area contributed by atoms with Gasteiger partial charge in [-0.3, -0.25) is 4.79 Å². The number of rotatable bonds is 9. The summed E-state index contributed by atoms with van der Waals surface area (Å²) in [6.07, 6.45) is 6.53. The van der Waals surface area contributed by atoms with Crippen LogP contribution in [-0.2, 0) is 17.6 Å². The van der Waals surface area contributed by atoms with Gasteiger partial charge in [0.1, 0.15) is 5.01 Å². The minimum Gasteiger partial charge on any atom is -0.441 e. The number of carbonyl (C=O) groups is 1. The van der Waals surface area contributed by atoms with Crippen molar-refractivity contribution in [2.75, 3.05) is 5.32 Å². The van der Waals surface area contributed by atoms with E-state index < -0.39 is 0 Å². The molecule has 6 nitrogen and oxygen atoms in total. The van der Waals surface area contributed by atoms with Crippen molar-refractivity contribution in [3.8, 4) is 11.3 Å². The van der Waals surface area contributed by atoms with Crippen LogP contribution in [0.2, 0.25) is 0 Å². The molecule has 26 heavy (non-hydrogen) atoms. The summed E-state index contributed by atoms with van der Waals surface area (Å²) in [5.74, 6) is 1.34. The Bertz CT molecular complexity index is 829. The Kier molecular flexibility index (Phi) is 6.49. The summed E-state index contributed by atoms with van der Waals surface area (Å²) in [6, 6.07) is 9.85. The maximum absolute atomic E-state index is 12.0. The lowest BCUT2D eigenvalue weighted by Crippen LogP contribution is -2.11. The van der Waals surface area contributed by atoms with Crippen molar-refractivity contribution < 1.29 is 9.21 Å². The number of nitrogens with zero attached hydrogens (tertiary/aromatic N) is 3. The first kappa shape index (κ1) is 18.3. The molecule has 0 atom stereocenters. The van der Waals surface area contributed by atoms with E-state index in [4.69, 9.17) is 4.42 Å². The van der Waals surface area contributed by atoms with E-state index in [9.17, 15) is 4.79 Å². The largest absolute Gasteiger partial charge is 0.441 e. The fraction of sp³-hybridized carbons (Fsp3) is 0.368. The molecule has 3 aromatic rings. The van der Waals surface area contributed by atoms with Gasteiger partial charge in [0.05, 0.1) is 6.20 Å². The van der Waals surface area contributed by atoms with Gasteiger partial charge in [0.15, 0.2) is 11.7 Å². The number of anilines is 1. The average Bonchev–Trinajstić information content (AvgIpc) is 3.30. The third-order valence-electron chi connectivity index (χ3n) is 3.86. The van der Waals surface area contributed by atoms with Gasteiger partial charge in [0.25, 0.3) is 0 Å². The van der Waals surface area contributed by atoms with Crippen molar-refractivity contribution in [1.29, 1.82) is 0 Å². The van der Waals surface area contributed by atoms with Gasteiger partial charge in [0, 0.05) is 24.8 Å².